The molecule has 0 aliphatic rings. The van der Waals surface area contributed by atoms with Gasteiger partial charge in [0.25, 0.3) is 0 Å². The Morgan fingerprint density at radius 1 is 1.38 bits per heavy atom. The summed E-state index contributed by atoms with van der Waals surface area (Å²) in [5.74, 6) is 0. The highest BCUT2D eigenvalue weighted by Gasteiger charge is 1.97. The quantitative estimate of drug-likeness (QED) is 0.709. The molecule has 0 amide bonds. The number of hydrogen-bond acceptors (Lipinski definition) is 2. The molecule has 0 aliphatic carbocycles. The van der Waals surface area contributed by atoms with E-state index in [1.165, 1.54) is 6.07 Å². The Labute approximate surface area is 74.8 Å². The Balaban J connectivity index is 2.92. The SMILES string of the molecule is C=Cc1ccnc2[nH]c(=O)ccc12. The smallest absolute Gasteiger partial charge is 0.249 e. The first-order chi connectivity index (χ1) is 6.31. The summed E-state index contributed by atoms with van der Waals surface area (Å²) in [5, 5.41) is 0.914. The molecule has 64 valence electrons. The molecule has 1 N–H and O–H groups in total. The number of H-pyrrole nitrogens is 1. The van der Waals surface area contributed by atoms with Crippen LogP contribution < -0.4 is 5.56 Å². The molecule has 0 saturated heterocycles. The van der Waals surface area contributed by atoms with E-state index in [0.29, 0.717) is 5.65 Å². The lowest BCUT2D eigenvalue weighted by Crippen LogP contribution is -2.03. The fraction of sp³-hybridized carbons (Fsp3) is 0. The fourth-order valence-electron chi connectivity index (χ4n) is 1.26. The monoisotopic (exact) mass is 172 g/mol. The standard InChI is InChI=1S/C10H8N2O/c1-2-7-5-6-11-10-8(7)3-4-9(13)12-10/h2-6H,1H2,(H,11,12,13). The van der Waals surface area contributed by atoms with Crippen LogP contribution in [0.4, 0.5) is 0 Å². The van der Waals surface area contributed by atoms with Crippen LogP contribution in [0.2, 0.25) is 0 Å². The lowest BCUT2D eigenvalue weighted by Gasteiger charge is -1.98. The van der Waals surface area contributed by atoms with Crippen molar-refractivity contribution in [1.29, 1.82) is 0 Å². The molecule has 3 nitrogen and oxygen atoms in total. The number of aromatic nitrogens is 2. The van der Waals surface area contributed by atoms with Gasteiger partial charge in [0.1, 0.15) is 5.65 Å². The fourth-order valence-corrected chi connectivity index (χ4v) is 1.26. The van der Waals surface area contributed by atoms with Gasteiger partial charge in [0, 0.05) is 17.6 Å². The molecule has 0 saturated carbocycles. The summed E-state index contributed by atoms with van der Waals surface area (Å²) in [6.45, 7) is 3.68. The summed E-state index contributed by atoms with van der Waals surface area (Å²) >= 11 is 0. The maximum absolute atomic E-state index is 11.0. The lowest BCUT2D eigenvalue weighted by atomic mass is 10.1. The molecule has 2 aromatic heterocycles. The Morgan fingerprint density at radius 3 is 3.00 bits per heavy atom. The summed E-state index contributed by atoms with van der Waals surface area (Å²) in [6, 6.07) is 5.09. The van der Waals surface area contributed by atoms with Crippen molar-refractivity contribution in [3.05, 3.63) is 46.9 Å². The minimum Gasteiger partial charge on any atom is -0.307 e. The molecule has 0 atom stereocenters. The molecule has 2 heterocycles. The number of pyridine rings is 2. The summed E-state index contributed by atoms with van der Waals surface area (Å²) in [7, 11) is 0. The molecule has 0 radical (unpaired) electrons. The molecule has 0 fully saturated rings. The van der Waals surface area contributed by atoms with Crippen molar-refractivity contribution in [2.24, 2.45) is 0 Å². The van der Waals surface area contributed by atoms with Crippen LogP contribution >= 0.6 is 0 Å². The Morgan fingerprint density at radius 2 is 2.23 bits per heavy atom. The highest BCUT2D eigenvalue weighted by atomic mass is 16.1. The highest BCUT2D eigenvalue weighted by molar-refractivity contribution is 5.84. The van der Waals surface area contributed by atoms with Gasteiger partial charge >= 0.3 is 0 Å². The topological polar surface area (TPSA) is 45.8 Å². The Kier molecular flexibility index (Phi) is 1.70. The zero-order chi connectivity index (χ0) is 9.26. The second-order valence-electron chi connectivity index (χ2n) is 2.69. The van der Waals surface area contributed by atoms with Crippen LogP contribution in [0.3, 0.4) is 0 Å². The van der Waals surface area contributed by atoms with Crippen LogP contribution in [0.25, 0.3) is 17.1 Å². The van der Waals surface area contributed by atoms with Crippen LogP contribution in [0.1, 0.15) is 5.56 Å². The van der Waals surface area contributed by atoms with E-state index in [-0.39, 0.29) is 5.56 Å². The van der Waals surface area contributed by atoms with Crippen molar-refractivity contribution in [2.45, 2.75) is 0 Å². The normalized spacial score (nSPS) is 10.2. The van der Waals surface area contributed by atoms with Crippen molar-refractivity contribution in [3.8, 4) is 0 Å². The van der Waals surface area contributed by atoms with E-state index in [1.54, 1.807) is 18.3 Å². The van der Waals surface area contributed by atoms with E-state index in [0.717, 1.165) is 10.9 Å². The Hall–Kier alpha value is -1.90. The molecule has 0 spiro atoms. The summed E-state index contributed by atoms with van der Waals surface area (Å²) in [4.78, 5) is 17.7. The van der Waals surface area contributed by atoms with Gasteiger partial charge in [-0.1, -0.05) is 12.7 Å². The van der Waals surface area contributed by atoms with Crippen LogP contribution in [0.15, 0.2) is 35.8 Å². The molecule has 13 heavy (non-hydrogen) atoms. The minimum atomic E-state index is -0.138. The number of aromatic amines is 1. The van der Waals surface area contributed by atoms with Gasteiger partial charge in [-0.3, -0.25) is 4.79 Å². The molecule has 3 heteroatoms. The zero-order valence-corrected chi connectivity index (χ0v) is 6.95. The lowest BCUT2D eigenvalue weighted by molar-refractivity contribution is 1.23. The maximum Gasteiger partial charge on any atom is 0.249 e. The van der Waals surface area contributed by atoms with Gasteiger partial charge in [-0.05, 0) is 17.7 Å². The predicted octanol–water partition coefficient (Wildman–Crippen LogP) is 1.57. The molecule has 2 aromatic rings. The average Bonchev–Trinajstić information content (AvgIpc) is 2.16. The first-order valence-corrected chi connectivity index (χ1v) is 3.92. The molecule has 2 rings (SSSR count). The van der Waals surface area contributed by atoms with E-state index >= 15 is 0 Å². The second-order valence-corrected chi connectivity index (χ2v) is 2.69. The van der Waals surface area contributed by atoms with Gasteiger partial charge in [0.05, 0.1) is 0 Å². The largest absolute Gasteiger partial charge is 0.307 e. The van der Waals surface area contributed by atoms with Crippen molar-refractivity contribution < 1.29 is 0 Å². The number of rotatable bonds is 1. The number of nitrogens with one attached hydrogen (secondary N) is 1. The predicted molar refractivity (Wildman–Crippen MR) is 52.5 cm³/mol. The van der Waals surface area contributed by atoms with Crippen molar-refractivity contribution in [2.75, 3.05) is 0 Å². The number of nitrogens with zero attached hydrogens (tertiary/aromatic N) is 1. The molecule has 0 aliphatic heterocycles. The van der Waals surface area contributed by atoms with Crippen LogP contribution in [-0.2, 0) is 0 Å². The second kappa shape index (κ2) is 2.86. The first kappa shape index (κ1) is 7.73. The molecule has 0 bridgehead atoms. The van der Waals surface area contributed by atoms with E-state index < -0.39 is 0 Å². The van der Waals surface area contributed by atoms with Crippen molar-refractivity contribution in [1.82, 2.24) is 9.97 Å². The third-order valence-electron chi connectivity index (χ3n) is 1.89. The summed E-state index contributed by atoms with van der Waals surface area (Å²) in [5.41, 5.74) is 1.44. The maximum atomic E-state index is 11.0. The third kappa shape index (κ3) is 1.24. The number of fused-ring (bicyclic) bond motifs is 1. The Bertz CT molecular complexity index is 514. The summed E-state index contributed by atoms with van der Waals surface area (Å²) in [6.07, 6.45) is 3.39. The number of hydrogen-bond donors (Lipinski definition) is 1. The van der Waals surface area contributed by atoms with Gasteiger partial charge in [-0.15, -0.1) is 0 Å². The third-order valence-corrected chi connectivity index (χ3v) is 1.89. The van der Waals surface area contributed by atoms with Crippen molar-refractivity contribution >= 4 is 17.1 Å². The molecular formula is C10H8N2O. The molecular weight excluding hydrogens is 164 g/mol. The van der Waals surface area contributed by atoms with Gasteiger partial charge in [-0.2, -0.15) is 0 Å². The van der Waals surface area contributed by atoms with E-state index in [4.69, 9.17) is 0 Å². The van der Waals surface area contributed by atoms with Crippen molar-refractivity contribution in [3.63, 3.8) is 0 Å². The van der Waals surface area contributed by atoms with E-state index in [2.05, 4.69) is 16.5 Å². The highest BCUT2D eigenvalue weighted by Crippen LogP contribution is 2.13. The van der Waals surface area contributed by atoms with E-state index in [1.807, 2.05) is 6.07 Å². The average molecular weight is 172 g/mol. The van der Waals surface area contributed by atoms with Gasteiger partial charge in [0.15, 0.2) is 0 Å². The van der Waals surface area contributed by atoms with Crippen LogP contribution in [0, 0.1) is 0 Å². The summed E-state index contributed by atoms with van der Waals surface area (Å²) < 4.78 is 0. The van der Waals surface area contributed by atoms with E-state index in [9.17, 15) is 4.79 Å². The molecule has 0 aromatic carbocycles. The zero-order valence-electron chi connectivity index (χ0n) is 6.95. The van der Waals surface area contributed by atoms with Gasteiger partial charge in [0.2, 0.25) is 5.56 Å². The molecule has 0 unspecified atom stereocenters. The minimum absolute atomic E-state index is 0.138. The van der Waals surface area contributed by atoms with Crippen LogP contribution in [0.5, 0.6) is 0 Å². The van der Waals surface area contributed by atoms with Gasteiger partial charge < -0.3 is 4.98 Å². The van der Waals surface area contributed by atoms with Gasteiger partial charge in [-0.25, -0.2) is 4.98 Å². The van der Waals surface area contributed by atoms with Crippen LogP contribution in [-0.4, -0.2) is 9.97 Å². The first-order valence-electron chi connectivity index (χ1n) is 3.92.